The van der Waals surface area contributed by atoms with E-state index in [0.29, 0.717) is 32.7 Å². The molecule has 0 aliphatic heterocycles. The first-order valence-corrected chi connectivity index (χ1v) is 10.00. The summed E-state index contributed by atoms with van der Waals surface area (Å²) in [6, 6.07) is 19.9. The van der Waals surface area contributed by atoms with Gasteiger partial charge in [0.2, 0.25) is 0 Å². The summed E-state index contributed by atoms with van der Waals surface area (Å²) in [6.07, 6.45) is 0. The molecule has 0 bridgehead atoms. The average Bonchev–Trinajstić information content (AvgIpc) is 2.67. The third-order valence-electron chi connectivity index (χ3n) is 4.82. The van der Waals surface area contributed by atoms with Gasteiger partial charge in [0.05, 0.1) is 0 Å². The summed E-state index contributed by atoms with van der Waals surface area (Å²) in [5.41, 5.74) is 1.41. The van der Waals surface area contributed by atoms with Crippen molar-refractivity contribution in [1.29, 1.82) is 0 Å². The molecule has 0 saturated heterocycles. The normalized spacial score (nSPS) is 11.1. The number of carbonyl (C=O) groups is 2. The van der Waals surface area contributed by atoms with E-state index in [2.05, 4.69) is 0 Å². The SMILES string of the molecule is CC(=O)Oc1cc(Cl)ccc1C(C)(c1ccccc1)c1ccc(Cl)cc1OC(C)=O. The number of ether oxygens (including phenoxy) is 2. The van der Waals surface area contributed by atoms with Gasteiger partial charge in [-0.15, -0.1) is 0 Å². The zero-order valence-electron chi connectivity index (χ0n) is 16.7. The first kappa shape index (κ1) is 21.9. The first-order valence-electron chi connectivity index (χ1n) is 9.24. The van der Waals surface area contributed by atoms with Crippen molar-refractivity contribution in [3.05, 3.63) is 93.5 Å². The molecule has 0 fully saturated rings. The first-order chi connectivity index (χ1) is 14.2. The molecule has 3 aromatic carbocycles. The summed E-state index contributed by atoms with van der Waals surface area (Å²) in [4.78, 5) is 23.6. The summed E-state index contributed by atoms with van der Waals surface area (Å²) in [5, 5.41) is 0.864. The van der Waals surface area contributed by atoms with Crippen molar-refractivity contribution < 1.29 is 19.1 Å². The molecule has 0 aliphatic carbocycles. The lowest BCUT2D eigenvalue weighted by atomic mass is 9.70. The lowest BCUT2D eigenvalue weighted by Gasteiger charge is -2.34. The molecule has 0 amide bonds. The van der Waals surface area contributed by atoms with Crippen LogP contribution >= 0.6 is 23.2 Å². The Morgan fingerprint density at radius 1 is 0.733 bits per heavy atom. The number of carbonyl (C=O) groups excluding carboxylic acids is 2. The molecule has 0 N–H and O–H groups in total. The molecule has 0 saturated carbocycles. The van der Waals surface area contributed by atoms with E-state index >= 15 is 0 Å². The van der Waals surface area contributed by atoms with E-state index in [1.165, 1.54) is 13.8 Å². The summed E-state index contributed by atoms with van der Waals surface area (Å²) in [7, 11) is 0. The minimum absolute atomic E-state index is 0.324. The Bertz CT molecular complexity index is 1030. The van der Waals surface area contributed by atoms with Crippen LogP contribution in [0.2, 0.25) is 10.0 Å². The van der Waals surface area contributed by atoms with E-state index in [4.69, 9.17) is 32.7 Å². The molecule has 0 radical (unpaired) electrons. The van der Waals surface area contributed by atoms with Crippen LogP contribution in [0, 0.1) is 0 Å². The Balaban J connectivity index is 2.37. The fourth-order valence-corrected chi connectivity index (χ4v) is 3.85. The van der Waals surface area contributed by atoms with Gasteiger partial charge in [-0.25, -0.2) is 0 Å². The topological polar surface area (TPSA) is 52.6 Å². The van der Waals surface area contributed by atoms with Gasteiger partial charge in [-0.1, -0.05) is 65.7 Å². The van der Waals surface area contributed by atoms with Crippen molar-refractivity contribution in [2.24, 2.45) is 0 Å². The predicted octanol–water partition coefficient (Wildman–Crippen LogP) is 6.20. The molecule has 0 spiro atoms. The second-order valence-electron chi connectivity index (χ2n) is 6.96. The largest absolute Gasteiger partial charge is 0.426 e. The van der Waals surface area contributed by atoms with Crippen LogP contribution in [-0.4, -0.2) is 11.9 Å². The van der Waals surface area contributed by atoms with Crippen LogP contribution in [0.1, 0.15) is 37.5 Å². The van der Waals surface area contributed by atoms with Gasteiger partial charge in [0, 0.05) is 40.4 Å². The molecule has 0 heterocycles. The maximum absolute atomic E-state index is 11.8. The Morgan fingerprint density at radius 3 is 1.57 bits per heavy atom. The van der Waals surface area contributed by atoms with E-state index in [1.807, 2.05) is 37.3 Å². The van der Waals surface area contributed by atoms with E-state index in [-0.39, 0.29) is 0 Å². The molecule has 3 rings (SSSR count). The highest BCUT2D eigenvalue weighted by Crippen LogP contribution is 2.47. The molecule has 0 atom stereocenters. The van der Waals surface area contributed by atoms with Gasteiger partial charge < -0.3 is 9.47 Å². The van der Waals surface area contributed by atoms with Crippen molar-refractivity contribution in [3.8, 4) is 11.5 Å². The van der Waals surface area contributed by atoms with Crippen LogP contribution in [0.25, 0.3) is 0 Å². The maximum Gasteiger partial charge on any atom is 0.308 e. The minimum atomic E-state index is -0.855. The molecule has 0 aromatic heterocycles. The quantitative estimate of drug-likeness (QED) is 0.268. The summed E-state index contributed by atoms with van der Waals surface area (Å²) >= 11 is 12.4. The predicted molar refractivity (Wildman–Crippen MR) is 118 cm³/mol. The van der Waals surface area contributed by atoms with E-state index in [9.17, 15) is 9.59 Å². The van der Waals surface area contributed by atoms with Crippen molar-refractivity contribution in [3.63, 3.8) is 0 Å². The molecular weight excluding hydrogens is 423 g/mol. The van der Waals surface area contributed by atoms with Gasteiger partial charge in [-0.3, -0.25) is 9.59 Å². The highest BCUT2D eigenvalue weighted by Gasteiger charge is 2.37. The van der Waals surface area contributed by atoms with Crippen LogP contribution in [0.3, 0.4) is 0 Å². The minimum Gasteiger partial charge on any atom is -0.426 e. The van der Waals surface area contributed by atoms with Gasteiger partial charge in [-0.05, 0) is 36.8 Å². The Hall–Kier alpha value is -2.82. The molecular formula is C24H20Cl2O4. The summed E-state index contributed by atoms with van der Waals surface area (Å²) in [5.74, 6) is -0.286. The number of hydrogen-bond acceptors (Lipinski definition) is 4. The molecule has 4 nitrogen and oxygen atoms in total. The van der Waals surface area contributed by atoms with Gasteiger partial charge in [0.1, 0.15) is 11.5 Å². The fourth-order valence-electron chi connectivity index (χ4n) is 3.52. The second-order valence-corrected chi connectivity index (χ2v) is 7.83. The van der Waals surface area contributed by atoms with Crippen LogP contribution in [0.4, 0.5) is 0 Å². The summed E-state index contributed by atoms with van der Waals surface area (Å²) in [6.45, 7) is 4.63. The zero-order valence-corrected chi connectivity index (χ0v) is 18.3. The smallest absolute Gasteiger partial charge is 0.308 e. The Morgan fingerprint density at radius 2 is 1.17 bits per heavy atom. The maximum atomic E-state index is 11.8. The van der Waals surface area contributed by atoms with E-state index < -0.39 is 17.4 Å². The van der Waals surface area contributed by atoms with Crippen molar-refractivity contribution >= 4 is 35.1 Å². The van der Waals surface area contributed by atoms with Crippen LogP contribution in [0.15, 0.2) is 66.7 Å². The molecule has 3 aromatic rings. The third-order valence-corrected chi connectivity index (χ3v) is 5.29. The Kier molecular flexibility index (Phi) is 6.49. The van der Waals surface area contributed by atoms with Crippen molar-refractivity contribution in [1.82, 2.24) is 0 Å². The van der Waals surface area contributed by atoms with Gasteiger partial charge in [-0.2, -0.15) is 0 Å². The lowest BCUT2D eigenvalue weighted by molar-refractivity contribution is -0.132. The van der Waals surface area contributed by atoms with Crippen molar-refractivity contribution in [2.45, 2.75) is 26.2 Å². The molecule has 0 unspecified atom stereocenters. The van der Waals surface area contributed by atoms with Crippen LogP contribution in [-0.2, 0) is 15.0 Å². The highest BCUT2D eigenvalue weighted by molar-refractivity contribution is 6.31. The van der Waals surface area contributed by atoms with Crippen LogP contribution in [0.5, 0.6) is 11.5 Å². The zero-order chi connectivity index (χ0) is 21.9. The average molecular weight is 443 g/mol. The van der Waals surface area contributed by atoms with Gasteiger partial charge in [0.25, 0.3) is 0 Å². The number of benzene rings is 3. The number of esters is 2. The monoisotopic (exact) mass is 442 g/mol. The Labute approximate surface area is 185 Å². The molecule has 6 heteroatoms. The molecule has 154 valence electrons. The molecule has 30 heavy (non-hydrogen) atoms. The number of hydrogen-bond donors (Lipinski definition) is 0. The van der Waals surface area contributed by atoms with Gasteiger partial charge in [0.15, 0.2) is 0 Å². The second kappa shape index (κ2) is 8.90. The highest BCUT2D eigenvalue weighted by atomic mass is 35.5. The van der Waals surface area contributed by atoms with E-state index in [0.717, 1.165) is 5.56 Å². The third kappa shape index (κ3) is 4.50. The van der Waals surface area contributed by atoms with E-state index in [1.54, 1.807) is 36.4 Å². The van der Waals surface area contributed by atoms with Gasteiger partial charge >= 0.3 is 11.9 Å². The summed E-state index contributed by atoms with van der Waals surface area (Å²) < 4.78 is 11.0. The standard InChI is InChI=1S/C24H20Cl2O4/c1-15(27)29-22-13-18(25)9-11-20(22)24(3,17-7-5-4-6-8-17)21-12-10-19(26)14-23(21)30-16(2)28/h4-14H,1-3H3. The number of rotatable bonds is 5. The lowest BCUT2D eigenvalue weighted by Crippen LogP contribution is -2.27. The fraction of sp³-hybridized carbons (Fsp3) is 0.167. The number of halogens is 2. The van der Waals surface area contributed by atoms with Crippen LogP contribution < -0.4 is 9.47 Å². The molecule has 0 aliphatic rings. The van der Waals surface area contributed by atoms with Crippen molar-refractivity contribution in [2.75, 3.05) is 0 Å².